The first-order valence-electron chi connectivity index (χ1n) is 6.40. The molecule has 19 heavy (non-hydrogen) atoms. The smallest absolute Gasteiger partial charge is 0.140 e. The van der Waals surface area contributed by atoms with Crippen molar-refractivity contribution in [2.24, 2.45) is 5.73 Å². The highest BCUT2D eigenvalue weighted by atomic mass is 15.0. The predicted molar refractivity (Wildman–Crippen MR) is 75.8 cm³/mol. The quantitative estimate of drug-likeness (QED) is 0.772. The summed E-state index contributed by atoms with van der Waals surface area (Å²) in [5, 5.41) is 1.19. The summed E-state index contributed by atoms with van der Waals surface area (Å²) in [7, 11) is 0. The van der Waals surface area contributed by atoms with Crippen molar-refractivity contribution in [3.05, 3.63) is 60.2 Å². The van der Waals surface area contributed by atoms with Crippen LogP contribution in [0.1, 0.15) is 11.1 Å². The summed E-state index contributed by atoms with van der Waals surface area (Å²) in [6.07, 6.45) is 8.53. The van der Waals surface area contributed by atoms with Gasteiger partial charge in [0.15, 0.2) is 0 Å². The maximum absolute atomic E-state index is 5.67. The maximum atomic E-state index is 5.67. The second kappa shape index (κ2) is 5.20. The van der Waals surface area contributed by atoms with Crippen molar-refractivity contribution in [1.29, 1.82) is 0 Å². The fraction of sp³-hybridized carbons (Fsp3) is 0.200. The Labute approximate surface area is 111 Å². The van der Waals surface area contributed by atoms with Gasteiger partial charge in [-0.3, -0.25) is 4.98 Å². The highest BCUT2D eigenvalue weighted by Crippen LogP contribution is 2.20. The van der Waals surface area contributed by atoms with Crippen molar-refractivity contribution in [3.63, 3.8) is 0 Å². The molecule has 3 aromatic heterocycles. The monoisotopic (exact) mass is 252 g/mol. The lowest BCUT2D eigenvalue weighted by molar-refractivity contribution is 0.813. The molecule has 4 nitrogen and oxygen atoms in total. The van der Waals surface area contributed by atoms with Crippen LogP contribution in [0.3, 0.4) is 0 Å². The maximum Gasteiger partial charge on any atom is 0.140 e. The van der Waals surface area contributed by atoms with E-state index in [1.165, 1.54) is 16.5 Å². The number of nitrogens with two attached hydrogens (primary N) is 1. The Bertz CT molecular complexity index is 673. The van der Waals surface area contributed by atoms with Gasteiger partial charge in [0, 0.05) is 30.2 Å². The average Bonchev–Trinajstić information content (AvgIpc) is 2.79. The number of hydrogen-bond donors (Lipinski definition) is 1. The first-order valence-corrected chi connectivity index (χ1v) is 6.40. The molecule has 96 valence electrons. The Morgan fingerprint density at radius 2 is 2.05 bits per heavy atom. The summed E-state index contributed by atoms with van der Waals surface area (Å²) in [4.78, 5) is 8.63. The minimum atomic E-state index is 0.654. The van der Waals surface area contributed by atoms with E-state index in [4.69, 9.17) is 5.73 Å². The molecular formula is C15H16N4. The molecule has 0 bridgehead atoms. The predicted octanol–water partition coefficient (Wildman–Crippen LogP) is 1.98. The summed E-state index contributed by atoms with van der Waals surface area (Å²) in [5.41, 5.74) is 9.11. The zero-order valence-corrected chi connectivity index (χ0v) is 10.7. The van der Waals surface area contributed by atoms with E-state index in [-0.39, 0.29) is 0 Å². The Hall–Kier alpha value is -2.20. The Balaban J connectivity index is 2.03. The van der Waals surface area contributed by atoms with Crippen LogP contribution >= 0.6 is 0 Å². The van der Waals surface area contributed by atoms with E-state index in [0.29, 0.717) is 6.54 Å². The summed E-state index contributed by atoms with van der Waals surface area (Å²) < 4.78 is 2.16. The molecule has 3 heterocycles. The molecule has 0 spiro atoms. The minimum Gasteiger partial charge on any atom is -0.330 e. The van der Waals surface area contributed by atoms with E-state index in [9.17, 15) is 0 Å². The third-order valence-electron chi connectivity index (χ3n) is 3.21. The van der Waals surface area contributed by atoms with Crippen molar-refractivity contribution in [1.82, 2.24) is 14.5 Å². The summed E-state index contributed by atoms with van der Waals surface area (Å²) in [5.74, 6) is 0. The van der Waals surface area contributed by atoms with Gasteiger partial charge in [-0.15, -0.1) is 0 Å². The lowest BCUT2D eigenvalue weighted by Gasteiger charge is -2.03. The van der Waals surface area contributed by atoms with Gasteiger partial charge in [-0.25, -0.2) is 4.98 Å². The van der Waals surface area contributed by atoms with Gasteiger partial charge in [0.25, 0.3) is 0 Å². The molecule has 0 amide bonds. The van der Waals surface area contributed by atoms with E-state index < -0.39 is 0 Å². The fourth-order valence-corrected chi connectivity index (χ4v) is 2.36. The third-order valence-corrected chi connectivity index (χ3v) is 3.21. The first kappa shape index (κ1) is 11.9. The summed E-state index contributed by atoms with van der Waals surface area (Å²) in [6.45, 7) is 1.44. The first-order chi connectivity index (χ1) is 9.38. The van der Waals surface area contributed by atoms with E-state index >= 15 is 0 Å². The normalized spacial score (nSPS) is 11.0. The van der Waals surface area contributed by atoms with Gasteiger partial charge < -0.3 is 10.3 Å². The third kappa shape index (κ3) is 2.35. The van der Waals surface area contributed by atoms with Crippen LogP contribution in [-0.4, -0.2) is 21.1 Å². The van der Waals surface area contributed by atoms with Crippen molar-refractivity contribution in [2.75, 3.05) is 6.54 Å². The number of fused-ring (bicyclic) bond motifs is 1. The Morgan fingerprint density at radius 1 is 1.16 bits per heavy atom. The van der Waals surface area contributed by atoms with Gasteiger partial charge in [0.2, 0.25) is 0 Å². The summed E-state index contributed by atoms with van der Waals surface area (Å²) in [6, 6.07) is 8.10. The molecule has 0 radical (unpaired) electrons. The molecule has 0 saturated carbocycles. The molecule has 0 saturated heterocycles. The van der Waals surface area contributed by atoms with E-state index in [1.54, 1.807) is 6.20 Å². The van der Waals surface area contributed by atoms with E-state index in [2.05, 4.69) is 32.9 Å². The van der Waals surface area contributed by atoms with Crippen molar-refractivity contribution in [3.8, 4) is 0 Å². The van der Waals surface area contributed by atoms with Gasteiger partial charge in [0.05, 0.1) is 6.54 Å². The fourth-order valence-electron chi connectivity index (χ4n) is 2.36. The molecule has 0 aliphatic carbocycles. The van der Waals surface area contributed by atoms with Crippen LogP contribution in [0.4, 0.5) is 0 Å². The van der Waals surface area contributed by atoms with Crippen LogP contribution in [0.2, 0.25) is 0 Å². The lowest BCUT2D eigenvalue weighted by atomic mass is 10.2. The molecule has 0 unspecified atom stereocenters. The van der Waals surface area contributed by atoms with Crippen molar-refractivity contribution >= 4 is 11.0 Å². The van der Waals surface area contributed by atoms with Crippen LogP contribution in [0, 0.1) is 0 Å². The molecule has 3 rings (SSSR count). The zero-order chi connectivity index (χ0) is 13.1. The van der Waals surface area contributed by atoms with Crippen LogP contribution in [-0.2, 0) is 13.0 Å². The number of pyridine rings is 2. The number of hydrogen-bond acceptors (Lipinski definition) is 3. The second-order valence-electron chi connectivity index (χ2n) is 4.56. The second-order valence-corrected chi connectivity index (χ2v) is 4.56. The minimum absolute atomic E-state index is 0.654. The number of aromatic nitrogens is 3. The summed E-state index contributed by atoms with van der Waals surface area (Å²) >= 11 is 0. The van der Waals surface area contributed by atoms with Crippen LogP contribution in [0.25, 0.3) is 11.0 Å². The number of nitrogens with zero attached hydrogens (tertiary/aromatic N) is 3. The van der Waals surface area contributed by atoms with Gasteiger partial charge in [-0.2, -0.15) is 0 Å². The van der Waals surface area contributed by atoms with Gasteiger partial charge in [-0.1, -0.05) is 6.07 Å². The van der Waals surface area contributed by atoms with E-state index in [1.807, 2.05) is 24.5 Å². The van der Waals surface area contributed by atoms with Crippen LogP contribution < -0.4 is 5.73 Å². The molecule has 0 atom stereocenters. The molecular weight excluding hydrogens is 236 g/mol. The largest absolute Gasteiger partial charge is 0.330 e. The highest BCUT2D eigenvalue weighted by Gasteiger charge is 2.08. The highest BCUT2D eigenvalue weighted by molar-refractivity contribution is 5.80. The molecule has 0 fully saturated rings. The van der Waals surface area contributed by atoms with Gasteiger partial charge in [0.1, 0.15) is 5.65 Å². The number of rotatable bonds is 4. The van der Waals surface area contributed by atoms with Crippen molar-refractivity contribution in [2.45, 2.75) is 13.0 Å². The average molecular weight is 252 g/mol. The lowest BCUT2D eigenvalue weighted by Crippen LogP contribution is -2.02. The molecule has 0 aliphatic rings. The topological polar surface area (TPSA) is 56.7 Å². The van der Waals surface area contributed by atoms with Crippen LogP contribution in [0.15, 0.2) is 49.1 Å². The molecule has 0 aliphatic heterocycles. The van der Waals surface area contributed by atoms with E-state index in [0.717, 1.165) is 18.6 Å². The SMILES string of the molecule is NCCc1cn(Cc2cccnc2)c2ncccc12. The standard InChI is InChI=1S/C15H16N4/c16-6-5-13-11-19(10-12-3-1-7-17-9-12)15-14(13)4-2-8-18-15/h1-4,7-9,11H,5-6,10,16H2. The molecule has 4 heteroatoms. The van der Waals surface area contributed by atoms with Gasteiger partial charge >= 0.3 is 0 Å². The molecule has 2 N–H and O–H groups in total. The Morgan fingerprint density at radius 3 is 2.84 bits per heavy atom. The van der Waals surface area contributed by atoms with Crippen LogP contribution in [0.5, 0.6) is 0 Å². The van der Waals surface area contributed by atoms with Gasteiger partial charge in [-0.05, 0) is 42.3 Å². The Kier molecular flexibility index (Phi) is 3.25. The molecule has 0 aromatic carbocycles. The molecule has 3 aromatic rings. The van der Waals surface area contributed by atoms with Crippen molar-refractivity contribution < 1.29 is 0 Å². The zero-order valence-electron chi connectivity index (χ0n) is 10.7.